The van der Waals surface area contributed by atoms with Gasteiger partial charge in [0.15, 0.2) is 11.5 Å². The molecule has 1 aliphatic rings. The fourth-order valence-electron chi connectivity index (χ4n) is 3.64. The Labute approximate surface area is 182 Å². The van der Waals surface area contributed by atoms with E-state index in [1.165, 1.54) is 0 Å². The second-order valence-electron chi connectivity index (χ2n) is 7.21. The standard InChI is InChI=1S/C22H30N4O5/c1-5-29-17-10-14(11-18(30-6-2)21(17)31-7-3)22(28)24-16-8-9-19(27)25-20(16)15-12-23-26(4)13-15/h10-13,16,20H,5-9H2,1-4H3,(H,24,28)(H,25,27)/t16-,20+/m0/s1. The highest BCUT2D eigenvalue weighted by molar-refractivity contribution is 5.96. The van der Waals surface area contributed by atoms with Crippen LogP contribution in [0.3, 0.4) is 0 Å². The molecule has 0 radical (unpaired) electrons. The van der Waals surface area contributed by atoms with Crippen LogP contribution in [-0.4, -0.2) is 47.5 Å². The number of hydrogen-bond acceptors (Lipinski definition) is 6. The summed E-state index contributed by atoms with van der Waals surface area (Å²) in [5.41, 5.74) is 1.25. The Kier molecular flexibility index (Phi) is 7.38. The molecule has 2 heterocycles. The van der Waals surface area contributed by atoms with Gasteiger partial charge in [0.2, 0.25) is 11.7 Å². The van der Waals surface area contributed by atoms with Gasteiger partial charge in [0.05, 0.1) is 38.1 Å². The largest absolute Gasteiger partial charge is 0.490 e. The summed E-state index contributed by atoms with van der Waals surface area (Å²) >= 11 is 0. The van der Waals surface area contributed by atoms with Crippen LogP contribution in [0.5, 0.6) is 17.2 Å². The maximum atomic E-state index is 13.2. The molecule has 2 aromatic rings. The quantitative estimate of drug-likeness (QED) is 0.633. The van der Waals surface area contributed by atoms with E-state index in [0.29, 0.717) is 55.5 Å². The maximum absolute atomic E-state index is 13.2. The minimum atomic E-state index is -0.348. The van der Waals surface area contributed by atoms with Crippen molar-refractivity contribution in [2.24, 2.45) is 7.05 Å². The maximum Gasteiger partial charge on any atom is 0.251 e. The highest BCUT2D eigenvalue weighted by atomic mass is 16.5. The van der Waals surface area contributed by atoms with E-state index in [-0.39, 0.29) is 23.9 Å². The summed E-state index contributed by atoms with van der Waals surface area (Å²) in [6.07, 6.45) is 4.42. The average Bonchev–Trinajstić information content (AvgIpc) is 3.18. The van der Waals surface area contributed by atoms with Crippen molar-refractivity contribution in [2.75, 3.05) is 19.8 Å². The van der Waals surface area contributed by atoms with Crippen molar-refractivity contribution in [2.45, 2.75) is 45.7 Å². The number of carbonyl (C=O) groups excluding carboxylic acids is 2. The number of aromatic nitrogens is 2. The van der Waals surface area contributed by atoms with Crippen LogP contribution in [0.1, 0.15) is 55.6 Å². The molecule has 31 heavy (non-hydrogen) atoms. The van der Waals surface area contributed by atoms with Gasteiger partial charge in [-0.3, -0.25) is 14.3 Å². The second-order valence-corrected chi connectivity index (χ2v) is 7.21. The molecule has 2 amide bonds. The highest BCUT2D eigenvalue weighted by Crippen LogP contribution is 2.39. The third-order valence-corrected chi connectivity index (χ3v) is 4.97. The summed E-state index contributed by atoms with van der Waals surface area (Å²) in [6.45, 7) is 6.91. The van der Waals surface area contributed by atoms with Crippen LogP contribution in [0.25, 0.3) is 0 Å². The second kappa shape index (κ2) is 10.2. The number of aryl methyl sites for hydroxylation is 1. The molecule has 168 valence electrons. The predicted octanol–water partition coefficient (Wildman–Crippen LogP) is 2.37. The number of benzene rings is 1. The lowest BCUT2D eigenvalue weighted by molar-refractivity contribution is -0.123. The molecule has 0 bridgehead atoms. The Morgan fingerprint density at radius 1 is 1.16 bits per heavy atom. The molecule has 1 aliphatic heterocycles. The fraction of sp³-hybridized carbons (Fsp3) is 0.500. The number of rotatable bonds is 9. The number of carbonyl (C=O) groups is 2. The van der Waals surface area contributed by atoms with Crippen molar-refractivity contribution in [3.63, 3.8) is 0 Å². The number of amides is 2. The van der Waals surface area contributed by atoms with E-state index in [9.17, 15) is 9.59 Å². The van der Waals surface area contributed by atoms with Gasteiger partial charge >= 0.3 is 0 Å². The summed E-state index contributed by atoms with van der Waals surface area (Å²) in [7, 11) is 1.81. The van der Waals surface area contributed by atoms with E-state index in [2.05, 4.69) is 15.7 Å². The topological polar surface area (TPSA) is 104 Å². The van der Waals surface area contributed by atoms with Crippen LogP contribution in [-0.2, 0) is 11.8 Å². The van der Waals surface area contributed by atoms with Gasteiger partial charge in [-0.1, -0.05) is 0 Å². The molecule has 3 rings (SSSR count). The van der Waals surface area contributed by atoms with Crippen LogP contribution < -0.4 is 24.8 Å². The lowest BCUT2D eigenvalue weighted by Gasteiger charge is -2.32. The van der Waals surface area contributed by atoms with Gasteiger partial charge in [0.1, 0.15) is 0 Å². The summed E-state index contributed by atoms with van der Waals surface area (Å²) in [5.74, 6) is 1.08. The Balaban J connectivity index is 1.87. The molecule has 2 atom stereocenters. The Bertz CT molecular complexity index is 899. The van der Waals surface area contributed by atoms with Gasteiger partial charge in [-0.05, 0) is 39.3 Å². The Hall–Kier alpha value is -3.23. The zero-order valence-corrected chi connectivity index (χ0v) is 18.4. The zero-order chi connectivity index (χ0) is 22.4. The lowest BCUT2D eigenvalue weighted by Crippen LogP contribution is -2.50. The van der Waals surface area contributed by atoms with Gasteiger partial charge in [-0.25, -0.2) is 0 Å². The number of hydrogen-bond donors (Lipinski definition) is 2. The molecule has 2 N–H and O–H groups in total. The molecule has 0 aliphatic carbocycles. The molecule has 1 aromatic heterocycles. The minimum Gasteiger partial charge on any atom is -0.490 e. The van der Waals surface area contributed by atoms with E-state index in [4.69, 9.17) is 14.2 Å². The first-order valence-electron chi connectivity index (χ1n) is 10.6. The summed E-state index contributed by atoms with van der Waals surface area (Å²) < 4.78 is 18.8. The van der Waals surface area contributed by atoms with Crippen molar-refractivity contribution in [3.05, 3.63) is 35.7 Å². The van der Waals surface area contributed by atoms with Crippen molar-refractivity contribution in [1.82, 2.24) is 20.4 Å². The first-order valence-corrected chi connectivity index (χ1v) is 10.6. The van der Waals surface area contributed by atoms with Gasteiger partial charge in [0, 0.05) is 30.8 Å². The molecular weight excluding hydrogens is 400 g/mol. The predicted molar refractivity (Wildman–Crippen MR) is 115 cm³/mol. The first-order chi connectivity index (χ1) is 15.0. The van der Waals surface area contributed by atoms with Crippen LogP contribution in [0.4, 0.5) is 0 Å². The van der Waals surface area contributed by atoms with Gasteiger partial charge < -0.3 is 24.8 Å². The van der Waals surface area contributed by atoms with E-state index in [1.54, 1.807) is 23.0 Å². The highest BCUT2D eigenvalue weighted by Gasteiger charge is 2.32. The van der Waals surface area contributed by atoms with Crippen LogP contribution in [0.2, 0.25) is 0 Å². The molecule has 9 heteroatoms. The molecule has 9 nitrogen and oxygen atoms in total. The first kappa shape index (κ1) is 22.5. The zero-order valence-electron chi connectivity index (χ0n) is 18.4. The number of nitrogens with zero attached hydrogens (tertiary/aromatic N) is 2. The summed E-state index contributed by atoms with van der Waals surface area (Å²) in [5, 5.41) is 10.2. The molecule has 1 fully saturated rings. The van der Waals surface area contributed by atoms with E-state index < -0.39 is 0 Å². The van der Waals surface area contributed by atoms with Crippen LogP contribution in [0.15, 0.2) is 24.5 Å². The number of nitrogens with one attached hydrogen (secondary N) is 2. The number of ether oxygens (including phenoxy) is 3. The lowest BCUT2D eigenvalue weighted by atomic mass is 9.93. The smallest absolute Gasteiger partial charge is 0.251 e. The van der Waals surface area contributed by atoms with E-state index in [0.717, 1.165) is 5.56 Å². The normalized spacial score (nSPS) is 18.3. The monoisotopic (exact) mass is 430 g/mol. The van der Waals surface area contributed by atoms with Crippen molar-refractivity contribution < 1.29 is 23.8 Å². The minimum absolute atomic E-state index is 0.0438. The fourth-order valence-corrected chi connectivity index (χ4v) is 3.64. The van der Waals surface area contributed by atoms with Gasteiger partial charge in [-0.2, -0.15) is 5.10 Å². The molecule has 1 aromatic carbocycles. The van der Waals surface area contributed by atoms with Gasteiger partial charge in [-0.15, -0.1) is 0 Å². The molecular formula is C22H30N4O5. The van der Waals surface area contributed by atoms with Crippen LogP contribution >= 0.6 is 0 Å². The third kappa shape index (κ3) is 5.28. The number of piperidine rings is 1. The summed E-state index contributed by atoms with van der Waals surface area (Å²) in [4.78, 5) is 25.2. The van der Waals surface area contributed by atoms with Crippen molar-refractivity contribution in [3.8, 4) is 17.2 Å². The van der Waals surface area contributed by atoms with Gasteiger partial charge in [0.25, 0.3) is 5.91 Å². The average molecular weight is 431 g/mol. The molecule has 0 saturated carbocycles. The van der Waals surface area contributed by atoms with Crippen molar-refractivity contribution in [1.29, 1.82) is 0 Å². The Morgan fingerprint density at radius 2 is 1.81 bits per heavy atom. The SMILES string of the molecule is CCOc1cc(C(=O)N[C@H]2CCC(=O)N[C@@H]2c2cnn(C)c2)cc(OCC)c1OCC. The van der Waals surface area contributed by atoms with Crippen LogP contribution in [0, 0.1) is 0 Å². The molecule has 0 spiro atoms. The Morgan fingerprint density at radius 3 is 2.35 bits per heavy atom. The molecule has 0 unspecified atom stereocenters. The molecule has 1 saturated heterocycles. The van der Waals surface area contributed by atoms with E-state index >= 15 is 0 Å². The summed E-state index contributed by atoms with van der Waals surface area (Å²) in [6, 6.07) is 2.70. The van der Waals surface area contributed by atoms with E-state index in [1.807, 2.05) is 34.0 Å². The van der Waals surface area contributed by atoms with Crippen molar-refractivity contribution >= 4 is 11.8 Å². The third-order valence-electron chi connectivity index (χ3n) is 4.97.